The van der Waals surface area contributed by atoms with E-state index in [0.717, 1.165) is 22.3 Å². The predicted molar refractivity (Wildman–Crippen MR) is 116 cm³/mol. The molecule has 0 aliphatic heterocycles. The van der Waals surface area contributed by atoms with E-state index in [0.29, 0.717) is 17.9 Å². The van der Waals surface area contributed by atoms with Gasteiger partial charge in [-0.3, -0.25) is 10.1 Å². The monoisotopic (exact) mass is 450 g/mol. The summed E-state index contributed by atoms with van der Waals surface area (Å²) in [5, 5.41) is 5.88. The van der Waals surface area contributed by atoms with Crippen molar-refractivity contribution in [2.75, 3.05) is 11.9 Å². The van der Waals surface area contributed by atoms with Crippen LogP contribution in [-0.2, 0) is 0 Å². The van der Waals surface area contributed by atoms with Gasteiger partial charge in [0.1, 0.15) is 11.5 Å². The van der Waals surface area contributed by atoms with E-state index < -0.39 is 0 Å². The quantitative estimate of drug-likeness (QED) is 0.570. The zero-order valence-electron chi connectivity index (χ0n) is 15.5. The van der Waals surface area contributed by atoms with Crippen LogP contribution >= 0.6 is 28.1 Å². The summed E-state index contributed by atoms with van der Waals surface area (Å²) < 4.78 is 12.0. The van der Waals surface area contributed by atoms with Crippen LogP contribution in [0.4, 0.5) is 5.69 Å². The second-order valence-electron chi connectivity index (χ2n) is 6.10. The van der Waals surface area contributed by atoms with Crippen molar-refractivity contribution in [3.63, 3.8) is 0 Å². The largest absolute Gasteiger partial charge is 0.492 e. The Labute approximate surface area is 173 Å². The number of ether oxygens (including phenoxy) is 2. The molecule has 0 spiro atoms. The van der Waals surface area contributed by atoms with Gasteiger partial charge in [-0.2, -0.15) is 0 Å². The second kappa shape index (κ2) is 10.3. The van der Waals surface area contributed by atoms with E-state index in [1.165, 1.54) is 0 Å². The van der Waals surface area contributed by atoms with Crippen LogP contribution in [0.5, 0.6) is 11.5 Å². The molecule has 0 saturated carbocycles. The highest BCUT2D eigenvalue weighted by Crippen LogP contribution is 2.26. The van der Waals surface area contributed by atoms with Crippen molar-refractivity contribution < 1.29 is 14.3 Å². The highest BCUT2D eigenvalue weighted by molar-refractivity contribution is 9.10. The minimum absolute atomic E-state index is 0.0784. The number of rotatable bonds is 7. The van der Waals surface area contributed by atoms with E-state index in [-0.39, 0.29) is 17.1 Å². The Morgan fingerprint density at radius 1 is 1.22 bits per heavy atom. The van der Waals surface area contributed by atoms with E-state index in [4.69, 9.17) is 21.7 Å². The molecule has 0 fully saturated rings. The fraction of sp³-hybridized carbons (Fsp3) is 0.300. The summed E-state index contributed by atoms with van der Waals surface area (Å²) in [6.07, 6.45) is 0.993. The first kappa shape index (κ1) is 21.2. The van der Waals surface area contributed by atoms with Gasteiger partial charge in [-0.25, -0.2) is 0 Å². The third-order valence-corrected chi connectivity index (χ3v) is 4.17. The number of carbonyl (C=O) groups is 1. The van der Waals surface area contributed by atoms with Gasteiger partial charge >= 0.3 is 0 Å². The first-order valence-corrected chi connectivity index (χ1v) is 9.90. The van der Waals surface area contributed by atoms with Crippen molar-refractivity contribution in [2.24, 2.45) is 0 Å². The van der Waals surface area contributed by atoms with E-state index >= 15 is 0 Å². The van der Waals surface area contributed by atoms with Crippen molar-refractivity contribution in [1.29, 1.82) is 0 Å². The number of carbonyl (C=O) groups excluding carboxylic acids is 1. The van der Waals surface area contributed by atoms with Crippen LogP contribution in [0.25, 0.3) is 0 Å². The zero-order valence-corrected chi connectivity index (χ0v) is 17.9. The molecule has 0 aliphatic rings. The van der Waals surface area contributed by atoms with Gasteiger partial charge in [-0.1, -0.05) is 13.0 Å². The van der Waals surface area contributed by atoms with Gasteiger partial charge in [0.05, 0.1) is 17.2 Å². The second-order valence-corrected chi connectivity index (χ2v) is 7.36. The Morgan fingerprint density at radius 2 is 2.00 bits per heavy atom. The highest BCUT2D eigenvalue weighted by Gasteiger charge is 2.11. The number of thiocarbonyl (C=S) groups is 1. The topological polar surface area (TPSA) is 59.6 Å². The molecule has 2 aromatic rings. The lowest BCUT2D eigenvalue weighted by Gasteiger charge is -2.13. The first-order valence-electron chi connectivity index (χ1n) is 8.70. The van der Waals surface area contributed by atoms with Crippen LogP contribution in [0.3, 0.4) is 0 Å². The maximum Gasteiger partial charge on any atom is 0.257 e. The molecule has 1 amide bonds. The van der Waals surface area contributed by atoms with Crippen molar-refractivity contribution in [3.8, 4) is 11.5 Å². The van der Waals surface area contributed by atoms with Crippen molar-refractivity contribution in [2.45, 2.75) is 33.3 Å². The SMILES string of the molecule is CCCOc1ccc(C(=O)NC(=S)Nc2cccc(OC(C)C)c2)cc1Br. The smallest absolute Gasteiger partial charge is 0.257 e. The van der Waals surface area contributed by atoms with Gasteiger partial charge in [-0.15, -0.1) is 0 Å². The first-order chi connectivity index (χ1) is 12.9. The Bertz CT molecular complexity index is 812. The Morgan fingerprint density at radius 3 is 2.67 bits per heavy atom. The maximum absolute atomic E-state index is 12.4. The summed E-state index contributed by atoms with van der Waals surface area (Å²) in [5.41, 5.74) is 1.22. The lowest BCUT2D eigenvalue weighted by atomic mass is 10.2. The molecule has 7 heteroatoms. The Kier molecular flexibility index (Phi) is 8.06. The lowest BCUT2D eigenvalue weighted by molar-refractivity contribution is 0.0977. The summed E-state index contributed by atoms with van der Waals surface area (Å²) in [4.78, 5) is 12.4. The van der Waals surface area contributed by atoms with Crippen LogP contribution in [0.15, 0.2) is 46.9 Å². The molecule has 0 bridgehead atoms. The van der Waals surface area contributed by atoms with E-state index in [1.807, 2.05) is 45.0 Å². The van der Waals surface area contributed by atoms with Gasteiger partial charge in [0, 0.05) is 17.3 Å². The van der Waals surface area contributed by atoms with Gasteiger partial charge in [-0.05, 0) is 78.7 Å². The minimum Gasteiger partial charge on any atom is -0.492 e. The molecule has 0 atom stereocenters. The Balaban J connectivity index is 1.97. The normalized spacial score (nSPS) is 10.4. The molecule has 0 heterocycles. The maximum atomic E-state index is 12.4. The van der Waals surface area contributed by atoms with Crippen LogP contribution in [0.1, 0.15) is 37.6 Å². The van der Waals surface area contributed by atoms with E-state index in [1.54, 1.807) is 18.2 Å². The number of hydrogen-bond acceptors (Lipinski definition) is 4. The molecule has 2 rings (SSSR count). The van der Waals surface area contributed by atoms with Gasteiger partial charge in [0.15, 0.2) is 5.11 Å². The average molecular weight is 451 g/mol. The molecular weight excluding hydrogens is 428 g/mol. The lowest BCUT2D eigenvalue weighted by Crippen LogP contribution is -2.34. The number of benzene rings is 2. The molecule has 0 unspecified atom stereocenters. The zero-order chi connectivity index (χ0) is 19.8. The highest BCUT2D eigenvalue weighted by atomic mass is 79.9. The van der Waals surface area contributed by atoms with Crippen molar-refractivity contribution >= 4 is 44.9 Å². The summed E-state index contributed by atoms with van der Waals surface area (Å²) in [7, 11) is 0. The number of anilines is 1. The summed E-state index contributed by atoms with van der Waals surface area (Å²) in [5.74, 6) is 1.14. The number of nitrogens with one attached hydrogen (secondary N) is 2. The van der Waals surface area contributed by atoms with Gasteiger partial charge in [0.2, 0.25) is 0 Å². The summed E-state index contributed by atoms with van der Waals surface area (Å²) >= 11 is 8.66. The molecule has 0 aromatic heterocycles. The predicted octanol–water partition coefficient (Wildman–Crippen LogP) is 5.15. The molecule has 0 saturated heterocycles. The number of amides is 1. The fourth-order valence-electron chi connectivity index (χ4n) is 2.23. The summed E-state index contributed by atoms with van der Waals surface area (Å²) in [6.45, 7) is 6.58. The Hall–Kier alpha value is -2.12. The molecule has 0 aliphatic carbocycles. The molecule has 2 aromatic carbocycles. The van der Waals surface area contributed by atoms with Gasteiger partial charge in [0.25, 0.3) is 5.91 Å². The van der Waals surface area contributed by atoms with Crippen LogP contribution in [-0.4, -0.2) is 23.7 Å². The number of halogens is 1. The third kappa shape index (κ3) is 6.84. The van der Waals surface area contributed by atoms with Crippen LogP contribution < -0.4 is 20.1 Å². The van der Waals surface area contributed by atoms with Crippen LogP contribution in [0, 0.1) is 0 Å². The minimum atomic E-state index is -0.301. The third-order valence-electron chi connectivity index (χ3n) is 3.35. The number of hydrogen-bond donors (Lipinski definition) is 2. The van der Waals surface area contributed by atoms with Crippen molar-refractivity contribution in [3.05, 3.63) is 52.5 Å². The molecule has 0 radical (unpaired) electrons. The molecule has 27 heavy (non-hydrogen) atoms. The van der Waals surface area contributed by atoms with Crippen LogP contribution in [0.2, 0.25) is 0 Å². The molecular formula is C20H23BrN2O3S. The molecule has 2 N–H and O–H groups in total. The molecule has 144 valence electrons. The van der Waals surface area contributed by atoms with E-state index in [9.17, 15) is 4.79 Å². The van der Waals surface area contributed by atoms with E-state index in [2.05, 4.69) is 26.6 Å². The average Bonchev–Trinajstić information content (AvgIpc) is 2.60. The fourth-order valence-corrected chi connectivity index (χ4v) is 2.93. The summed E-state index contributed by atoms with van der Waals surface area (Å²) in [6, 6.07) is 12.6. The molecule has 5 nitrogen and oxygen atoms in total. The van der Waals surface area contributed by atoms with Crippen molar-refractivity contribution in [1.82, 2.24) is 5.32 Å². The van der Waals surface area contributed by atoms with Gasteiger partial charge < -0.3 is 14.8 Å². The standard InChI is InChI=1S/C20H23BrN2O3S/c1-4-10-25-18-9-8-14(11-17(18)21)19(24)23-20(27)22-15-6-5-7-16(12-15)26-13(2)3/h5-9,11-13H,4,10H2,1-3H3,(H2,22,23,24,27).